The van der Waals surface area contributed by atoms with Crippen molar-refractivity contribution >= 4 is 5.82 Å². The SMILES string of the molecule is CCN1CN(Cc2ccccc2)Cc2c1n[nH]c2-c1ccccc1. The summed E-state index contributed by atoms with van der Waals surface area (Å²) in [7, 11) is 0. The van der Waals surface area contributed by atoms with Gasteiger partial charge in [0.2, 0.25) is 0 Å². The van der Waals surface area contributed by atoms with Gasteiger partial charge in [0, 0.05) is 25.2 Å². The molecule has 0 amide bonds. The maximum Gasteiger partial charge on any atom is 0.156 e. The van der Waals surface area contributed by atoms with Gasteiger partial charge in [-0.05, 0) is 18.1 Å². The number of benzene rings is 2. The van der Waals surface area contributed by atoms with E-state index < -0.39 is 0 Å². The zero-order chi connectivity index (χ0) is 16.4. The average molecular weight is 318 g/mol. The Morgan fingerprint density at radius 1 is 1.00 bits per heavy atom. The van der Waals surface area contributed by atoms with Crippen molar-refractivity contribution < 1.29 is 0 Å². The van der Waals surface area contributed by atoms with Crippen molar-refractivity contribution in [3.63, 3.8) is 0 Å². The van der Waals surface area contributed by atoms with E-state index in [0.29, 0.717) is 0 Å². The van der Waals surface area contributed by atoms with Crippen LogP contribution < -0.4 is 4.90 Å². The molecular weight excluding hydrogens is 296 g/mol. The van der Waals surface area contributed by atoms with Gasteiger partial charge in [-0.25, -0.2) is 0 Å². The summed E-state index contributed by atoms with van der Waals surface area (Å²) >= 11 is 0. The zero-order valence-corrected chi connectivity index (χ0v) is 13.9. The van der Waals surface area contributed by atoms with Crippen LogP contribution in [0, 0.1) is 0 Å². The van der Waals surface area contributed by atoms with Crippen molar-refractivity contribution in [2.75, 3.05) is 18.1 Å². The van der Waals surface area contributed by atoms with Gasteiger partial charge in [0.15, 0.2) is 5.82 Å². The number of hydrogen-bond donors (Lipinski definition) is 1. The first-order valence-corrected chi connectivity index (χ1v) is 8.49. The first kappa shape index (κ1) is 15.0. The average Bonchev–Trinajstić information content (AvgIpc) is 3.06. The summed E-state index contributed by atoms with van der Waals surface area (Å²) in [5, 5.41) is 7.86. The number of fused-ring (bicyclic) bond motifs is 1. The van der Waals surface area contributed by atoms with Crippen molar-refractivity contribution in [2.24, 2.45) is 0 Å². The number of hydrogen-bond acceptors (Lipinski definition) is 3. The number of rotatable bonds is 4. The van der Waals surface area contributed by atoms with Gasteiger partial charge >= 0.3 is 0 Å². The minimum atomic E-state index is 0.914. The third-order valence-corrected chi connectivity index (χ3v) is 4.59. The number of anilines is 1. The Morgan fingerprint density at radius 2 is 1.71 bits per heavy atom. The summed E-state index contributed by atoms with van der Waals surface area (Å²) in [5.74, 6) is 1.10. The molecule has 0 bridgehead atoms. The molecule has 0 unspecified atom stereocenters. The molecule has 4 heteroatoms. The summed E-state index contributed by atoms with van der Waals surface area (Å²) in [6.45, 7) is 5.93. The molecule has 2 heterocycles. The predicted octanol–water partition coefficient (Wildman–Crippen LogP) is 3.88. The molecule has 0 saturated carbocycles. The molecule has 0 saturated heterocycles. The van der Waals surface area contributed by atoms with Crippen LogP contribution in [-0.4, -0.2) is 28.3 Å². The van der Waals surface area contributed by atoms with E-state index in [1.807, 2.05) is 6.07 Å². The van der Waals surface area contributed by atoms with E-state index in [0.717, 1.165) is 37.8 Å². The van der Waals surface area contributed by atoms with Crippen LogP contribution in [0.25, 0.3) is 11.3 Å². The number of H-pyrrole nitrogens is 1. The first-order chi connectivity index (χ1) is 11.8. The van der Waals surface area contributed by atoms with E-state index in [4.69, 9.17) is 0 Å². The van der Waals surface area contributed by atoms with E-state index in [1.165, 1.54) is 16.7 Å². The highest BCUT2D eigenvalue weighted by molar-refractivity contribution is 5.70. The molecule has 0 fully saturated rings. The minimum Gasteiger partial charge on any atom is -0.342 e. The Labute approximate surface area is 142 Å². The fourth-order valence-electron chi connectivity index (χ4n) is 3.39. The molecule has 1 aromatic heterocycles. The second kappa shape index (κ2) is 6.49. The van der Waals surface area contributed by atoms with Crippen LogP contribution in [0.15, 0.2) is 60.7 Å². The molecule has 1 N–H and O–H groups in total. The maximum atomic E-state index is 4.60. The zero-order valence-electron chi connectivity index (χ0n) is 13.9. The van der Waals surface area contributed by atoms with Crippen LogP contribution >= 0.6 is 0 Å². The van der Waals surface area contributed by atoms with Crippen LogP contribution in [0.3, 0.4) is 0 Å². The Balaban J connectivity index is 1.66. The van der Waals surface area contributed by atoms with Gasteiger partial charge in [-0.1, -0.05) is 60.7 Å². The summed E-state index contributed by atoms with van der Waals surface area (Å²) in [6.07, 6.45) is 0. The van der Waals surface area contributed by atoms with Crippen LogP contribution in [0.1, 0.15) is 18.1 Å². The Hall–Kier alpha value is -2.59. The number of aromatic nitrogens is 2. The van der Waals surface area contributed by atoms with Crippen LogP contribution in [0.5, 0.6) is 0 Å². The van der Waals surface area contributed by atoms with E-state index >= 15 is 0 Å². The van der Waals surface area contributed by atoms with Crippen molar-refractivity contribution in [3.8, 4) is 11.3 Å². The fourth-order valence-corrected chi connectivity index (χ4v) is 3.39. The highest BCUT2D eigenvalue weighted by Gasteiger charge is 2.27. The van der Waals surface area contributed by atoms with Crippen molar-refractivity contribution in [1.82, 2.24) is 15.1 Å². The maximum absolute atomic E-state index is 4.60. The molecule has 4 rings (SSSR count). The van der Waals surface area contributed by atoms with E-state index in [1.54, 1.807) is 0 Å². The van der Waals surface area contributed by atoms with Gasteiger partial charge in [0.1, 0.15) is 0 Å². The van der Waals surface area contributed by atoms with Gasteiger partial charge < -0.3 is 4.90 Å². The minimum absolute atomic E-state index is 0.914. The van der Waals surface area contributed by atoms with Gasteiger partial charge in [-0.15, -0.1) is 0 Å². The molecular formula is C20H22N4. The normalized spacial score (nSPS) is 14.6. The topological polar surface area (TPSA) is 35.2 Å². The first-order valence-electron chi connectivity index (χ1n) is 8.49. The van der Waals surface area contributed by atoms with Crippen LogP contribution in [-0.2, 0) is 13.1 Å². The predicted molar refractivity (Wildman–Crippen MR) is 97.6 cm³/mol. The Morgan fingerprint density at radius 3 is 2.42 bits per heavy atom. The molecule has 3 aromatic rings. The number of nitrogens with one attached hydrogen (secondary N) is 1. The molecule has 0 aliphatic carbocycles. The van der Waals surface area contributed by atoms with Gasteiger partial charge in [0.25, 0.3) is 0 Å². The highest BCUT2D eigenvalue weighted by Crippen LogP contribution is 2.33. The molecule has 1 aliphatic heterocycles. The monoisotopic (exact) mass is 318 g/mol. The molecule has 0 atom stereocenters. The molecule has 1 aliphatic rings. The Kier molecular flexibility index (Phi) is 4.05. The van der Waals surface area contributed by atoms with Crippen molar-refractivity contribution in [1.29, 1.82) is 0 Å². The van der Waals surface area contributed by atoms with Gasteiger partial charge in [-0.2, -0.15) is 5.10 Å². The highest BCUT2D eigenvalue weighted by atomic mass is 15.4. The van der Waals surface area contributed by atoms with Gasteiger partial charge in [0.05, 0.1) is 12.4 Å². The molecule has 0 spiro atoms. The van der Waals surface area contributed by atoms with Crippen LogP contribution in [0.4, 0.5) is 5.82 Å². The molecule has 0 radical (unpaired) electrons. The summed E-state index contributed by atoms with van der Waals surface area (Å²) < 4.78 is 0. The Bertz CT molecular complexity index is 795. The quantitative estimate of drug-likeness (QED) is 0.793. The van der Waals surface area contributed by atoms with Gasteiger partial charge in [-0.3, -0.25) is 10.00 Å². The lowest BCUT2D eigenvalue weighted by atomic mass is 10.1. The molecule has 24 heavy (non-hydrogen) atoms. The molecule has 122 valence electrons. The lowest BCUT2D eigenvalue weighted by molar-refractivity contribution is 0.244. The van der Waals surface area contributed by atoms with Crippen LogP contribution in [0.2, 0.25) is 0 Å². The van der Waals surface area contributed by atoms with E-state index in [-0.39, 0.29) is 0 Å². The van der Waals surface area contributed by atoms with Crippen molar-refractivity contribution in [2.45, 2.75) is 20.0 Å². The smallest absolute Gasteiger partial charge is 0.156 e. The van der Waals surface area contributed by atoms with Crippen molar-refractivity contribution in [3.05, 3.63) is 71.8 Å². The standard InChI is InChI=1S/C20H22N4/c1-2-24-15-23(13-16-9-5-3-6-10-16)14-18-19(21-22-20(18)24)17-11-7-4-8-12-17/h3-12H,2,13-15H2,1H3,(H,21,22). The summed E-state index contributed by atoms with van der Waals surface area (Å²) in [5.41, 5.74) is 4.98. The van der Waals surface area contributed by atoms with E-state index in [2.05, 4.69) is 81.5 Å². The second-order valence-corrected chi connectivity index (χ2v) is 6.24. The fraction of sp³-hybridized carbons (Fsp3) is 0.250. The molecule has 4 nitrogen and oxygen atoms in total. The number of nitrogens with zero attached hydrogens (tertiary/aromatic N) is 3. The lowest BCUT2D eigenvalue weighted by Gasteiger charge is -2.35. The third-order valence-electron chi connectivity index (χ3n) is 4.59. The second-order valence-electron chi connectivity index (χ2n) is 6.24. The number of aromatic amines is 1. The molecule has 2 aromatic carbocycles. The summed E-state index contributed by atoms with van der Waals surface area (Å²) in [4.78, 5) is 4.81. The third kappa shape index (κ3) is 2.81. The van der Waals surface area contributed by atoms with E-state index in [9.17, 15) is 0 Å². The lowest BCUT2D eigenvalue weighted by Crippen LogP contribution is -2.41. The summed E-state index contributed by atoms with van der Waals surface area (Å²) in [6, 6.07) is 21.1. The largest absolute Gasteiger partial charge is 0.342 e.